The van der Waals surface area contributed by atoms with Crippen LogP contribution >= 0.6 is 0 Å². The Morgan fingerprint density at radius 3 is 2.67 bits per heavy atom. The van der Waals surface area contributed by atoms with Crippen molar-refractivity contribution in [3.05, 3.63) is 23.0 Å². The summed E-state index contributed by atoms with van der Waals surface area (Å²) in [6.07, 6.45) is -1.83. The van der Waals surface area contributed by atoms with Gasteiger partial charge in [-0.05, 0) is 0 Å². The van der Waals surface area contributed by atoms with Crippen molar-refractivity contribution in [2.24, 2.45) is 5.73 Å². The number of pyridine rings is 1. The third kappa shape index (κ3) is 2.19. The lowest BCUT2D eigenvalue weighted by molar-refractivity contribution is 0.150. The van der Waals surface area contributed by atoms with Gasteiger partial charge in [0, 0.05) is 23.9 Å². The van der Waals surface area contributed by atoms with E-state index in [9.17, 15) is 8.78 Å². The lowest BCUT2D eigenvalue weighted by Crippen LogP contribution is -2.10. The van der Waals surface area contributed by atoms with Crippen molar-refractivity contribution < 1.29 is 8.78 Å². The molecule has 0 aromatic carbocycles. The summed E-state index contributed by atoms with van der Waals surface area (Å²) >= 11 is 0. The quantitative estimate of drug-likeness (QED) is 0.785. The van der Waals surface area contributed by atoms with E-state index in [1.807, 2.05) is 0 Å². The zero-order valence-electron chi connectivity index (χ0n) is 7.87. The van der Waals surface area contributed by atoms with Crippen LogP contribution in [0.15, 0.2) is 6.20 Å². The molecule has 0 aliphatic rings. The van der Waals surface area contributed by atoms with Gasteiger partial charge < -0.3 is 11.5 Å². The minimum atomic E-state index is -2.69. The maximum absolute atomic E-state index is 12.5. The molecule has 1 heterocycles. The maximum atomic E-state index is 12.5. The van der Waals surface area contributed by atoms with Gasteiger partial charge in [-0.15, -0.1) is 0 Å². The second-order valence-electron chi connectivity index (χ2n) is 2.89. The summed E-state index contributed by atoms with van der Waals surface area (Å²) in [6.45, 7) is 0.0633. The normalized spacial score (nSPS) is 10.3. The van der Waals surface area contributed by atoms with E-state index >= 15 is 0 Å². The molecule has 1 aromatic heterocycles. The number of halogens is 2. The highest BCUT2D eigenvalue weighted by Gasteiger charge is 2.17. The molecule has 4 nitrogen and oxygen atoms in total. The molecule has 0 aliphatic heterocycles. The van der Waals surface area contributed by atoms with Crippen molar-refractivity contribution >= 4 is 5.69 Å². The summed E-state index contributed by atoms with van der Waals surface area (Å²) in [7, 11) is 0. The van der Waals surface area contributed by atoms with E-state index in [0.29, 0.717) is 5.69 Å². The molecule has 0 saturated carbocycles. The second-order valence-corrected chi connectivity index (χ2v) is 2.89. The fourth-order valence-corrected chi connectivity index (χ4v) is 1.25. The Morgan fingerprint density at radius 2 is 2.20 bits per heavy atom. The smallest absolute Gasteiger partial charge is 0.265 e. The second kappa shape index (κ2) is 4.66. The molecule has 0 aliphatic carbocycles. The van der Waals surface area contributed by atoms with Gasteiger partial charge in [0.15, 0.2) is 0 Å². The SMILES string of the molecule is N#CCc1c(C(F)F)cnc(CN)c1N. The Morgan fingerprint density at radius 1 is 1.53 bits per heavy atom. The molecule has 0 spiro atoms. The molecule has 0 saturated heterocycles. The standard InChI is InChI=1S/C9H10F2N4/c10-9(11)6-4-15-7(3-13)8(14)5(6)1-2-12/h4,9H,1,3,13-14H2. The average molecular weight is 212 g/mol. The van der Waals surface area contributed by atoms with Crippen molar-refractivity contribution in [1.29, 1.82) is 5.26 Å². The van der Waals surface area contributed by atoms with Gasteiger partial charge in [0.2, 0.25) is 0 Å². The summed E-state index contributed by atoms with van der Waals surface area (Å²) in [4.78, 5) is 3.72. The summed E-state index contributed by atoms with van der Waals surface area (Å²) in [5.74, 6) is 0. The van der Waals surface area contributed by atoms with Crippen LogP contribution in [0.3, 0.4) is 0 Å². The Bertz CT molecular complexity index is 398. The van der Waals surface area contributed by atoms with Gasteiger partial charge in [0.1, 0.15) is 0 Å². The Kier molecular flexibility index (Phi) is 3.52. The number of nitrogens with zero attached hydrogens (tertiary/aromatic N) is 2. The molecule has 0 unspecified atom stereocenters. The van der Waals surface area contributed by atoms with Crippen LogP contribution < -0.4 is 11.5 Å². The highest BCUT2D eigenvalue weighted by atomic mass is 19.3. The van der Waals surface area contributed by atoms with Crippen molar-refractivity contribution in [2.75, 3.05) is 5.73 Å². The number of alkyl halides is 2. The number of hydrogen-bond acceptors (Lipinski definition) is 4. The molecule has 4 N–H and O–H groups in total. The van der Waals surface area contributed by atoms with E-state index < -0.39 is 6.43 Å². The number of nitrogen functional groups attached to an aromatic ring is 1. The summed E-state index contributed by atoms with van der Waals surface area (Å²) in [5.41, 5.74) is 11.2. The van der Waals surface area contributed by atoms with Gasteiger partial charge in [-0.2, -0.15) is 5.26 Å². The number of rotatable bonds is 3. The molecular weight excluding hydrogens is 202 g/mol. The van der Waals surface area contributed by atoms with E-state index in [2.05, 4.69) is 4.98 Å². The zero-order chi connectivity index (χ0) is 11.4. The third-order valence-electron chi connectivity index (χ3n) is 2.03. The van der Waals surface area contributed by atoms with Gasteiger partial charge >= 0.3 is 0 Å². The predicted octanol–water partition coefficient (Wildman–Crippen LogP) is 1.13. The molecule has 0 atom stereocenters. The van der Waals surface area contributed by atoms with E-state index in [1.165, 1.54) is 0 Å². The van der Waals surface area contributed by atoms with Gasteiger partial charge in [0.05, 0.1) is 23.9 Å². The maximum Gasteiger partial charge on any atom is 0.265 e. The Balaban J connectivity index is 3.32. The van der Waals surface area contributed by atoms with Crippen LogP contribution in [0, 0.1) is 11.3 Å². The van der Waals surface area contributed by atoms with Crippen molar-refractivity contribution in [3.8, 4) is 6.07 Å². The topological polar surface area (TPSA) is 88.7 Å². The Hall–Kier alpha value is -1.74. The monoisotopic (exact) mass is 212 g/mol. The predicted molar refractivity (Wildman–Crippen MR) is 50.8 cm³/mol. The number of nitriles is 1. The highest BCUT2D eigenvalue weighted by Crippen LogP contribution is 2.28. The minimum absolute atomic E-state index is 0.0633. The number of nitrogens with two attached hydrogens (primary N) is 2. The van der Waals surface area contributed by atoms with Crippen LogP contribution in [0.1, 0.15) is 23.2 Å². The summed E-state index contributed by atoms with van der Waals surface area (Å²) < 4.78 is 25.1. The highest BCUT2D eigenvalue weighted by molar-refractivity contribution is 5.55. The fourth-order valence-electron chi connectivity index (χ4n) is 1.25. The Labute approximate surface area is 85.5 Å². The molecule has 0 fully saturated rings. The van der Waals surface area contributed by atoms with Crippen LogP contribution in [0.2, 0.25) is 0 Å². The lowest BCUT2D eigenvalue weighted by atomic mass is 10.0. The van der Waals surface area contributed by atoms with Crippen LogP contribution in [0.25, 0.3) is 0 Å². The minimum Gasteiger partial charge on any atom is -0.397 e. The zero-order valence-corrected chi connectivity index (χ0v) is 7.87. The molecular formula is C9H10F2N4. The van der Waals surface area contributed by atoms with Gasteiger partial charge in [-0.25, -0.2) is 8.78 Å². The number of hydrogen-bond donors (Lipinski definition) is 2. The first-order valence-corrected chi connectivity index (χ1v) is 4.23. The molecule has 0 amide bonds. The number of aromatic nitrogens is 1. The van der Waals surface area contributed by atoms with E-state index in [1.54, 1.807) is 6.07 Å². The average Bonchev–Trinajstić information content (AvgIpc) is 2.20. The number of anilines is 1. The van der Waals surface area contributed by atoms with Crippen LogP contribution in [0.4, 0.5) is 14.5 Å². The van der Waals surface area contributed by atoms with Crippen LogP contribution in [0.5, 0.6) is 0 Å². The first-order chi connectivity index (χ1) is 7.11. The van der Waals surface area contributed by atoms with Crippen LogP contribution in [-0.2, 0) is 13.0 Å². The van der Waals surface area contributed by atoms with E-state index in [-0.39, 0.29) is 29.8 Å². The molecule has 80 valence electrons. The molecule has 0 bridgehead atoms. The van der Waals surface area contributed by atoms with Crippen LogP contribution in [-0.4, -0.2) is 4.98 Å². The lowest BCUT2D eigenvalue weighted by Gasteiger charge is -2.11. The first kappa shape index (κ1) is 11.3. The summed E-state index contributed by atoms with van der Waals surface area (Å²) in [5, 5.41) is 8.51. The van der Waals surface area contributed by atoms with Gasteiger partial charge in [0.25, 0.3) is 6.43 Å². The van der Waals surface area contributed by atoms with Crippen molar-refractivity contribution in [2.45, 2.75) is 19.4 Å². The molecule has 1 rings (SSSR count). The largest absolute Gasteiger partial charge is 0.397 e. The van der Waals surface area contributed by atoms with Gasteiger partial charge in [-0.1, -0.05) is 0 Å². The summed E-state index contributed by atoms with van der Waals surface area (Å²) in [6, 6.07) is 1.79. The van der Waals surface area contributed by atoms with E-state index in [0.717, 1.165) is 6.20 Å². The molecule has 1 aromatic rings. The molecule has 6 heteroatoms. The van der Waals surface area contributed by atoms with Crippen molar-refractivity contribution in [1.82, 2.24) is 4.98 Å². The van der Waals surface area contributed by atoms with Gasteiger partial charge in [-0.3, -0.25) is 4.98 Å². The fraction of sp³-hybridized carbons (Fsp3) is 0.333. The molecule has 0 radical (unpaired) electrons. The van der Waals surface area contributed by atoms with Crippen molar-refractivity contribution in [3.63, 3.8) is 0 Å². The van der Waals surface area contributed by atoms with E-state index in [4.69, 9.17) is 16.7 Å². The third-order valence-corrected chi connectivity index (χ3v) is 2.03. The first-order valence-electron chi connectivity index (χ1n) is 4.23. The molecule has 15 heavy (non-hydrogen) atoms.